The van der Waals surface area contributed by atoms with Crippen LogP contribution in [0.2, 0.25) is 0 Å². The molecule has 1 fully saturated rings. The zero-order valence-electron chi connectivity index (χ0n) is 14.7. The normalized spacial score (nSPS) is 18.0. The molecule has 1 saturated heterocycles. The van der Waals surface area contributed by atoms with E-state index in [1.165, 1.54) is 5.56 Å². The SMILES string of the molecule is Cc1cccc(-n2cnnc2[C@@H]2CCCN2C(=O)OC(C)(C)C)c1. The van der Waals surface area contributed by atoms with Gasteiger partial charge in [0.25, 0.3) is 0 Å². The van der Waals surface area contributed by atoms with E-state index in [9.17, 15) is 4.79 Å². The highest BCUT2D eigenvalue weighted by molar-refractivity contribution is 5.69. The van der Waals surface area contributed by atoms with Gasteiger partial charge in [0, 0.05) is 12.2 Å². The van der Waals surface area contributed by atoms with Gasteiger partial charge in [0.2, 0.25) is 0 Å². The summed E-state index contributed by atoms with van der Waals surface area (Å²) >= 11 is 0. The van der Waals surface area contributed by atoms with Crippen LogP contribution in [-0.4, -0.2) is 37.9 Å². The highest BCUT2D eigenvalue weighted by Gasteiger charge is 2.36. The molecule has 1 aromatic heterocycles. The molecule has 0 saturated carbocycles. The fraction of sp³-hybridized carbons (Fsp3) is 0.500. The van der Waals surface area contributed by atoms with E-state index in [0.29, 0.717) is 6.54 Å². The Morgan fingerprint density at radius 1 is 1.33 bits per heavy atom. The Morgan fingerprint density at radius 3 is 2.83 bits per heavy atom. The van der Waals surface area contributed by atoms with E-state index in [1.54, 1.807) is 11.2 Å². The molecule has 0 radical (unpaired) electrons. The number of hydrogen-bond acceptors (Lipinski definition) is 4. The zero-order chi connectivity index (χ0) is 17.3. The minimum atomic E-state index is -0.506. The molecule has 3 rings (SSSR count). The first kappa shape index (κ1) is 16.5. The number of likely N-dealkylation sites (tertiary alicyclic amines) is 1. The molecule has 1 aromatic carbocycles. The zero-order valence-corrected chi connectivity index (χ0v) is 14.7. The number of aryl methyl sites for hydroxylation is 1. The summed E-state index contributed by atoms with van der Waals surface area (Å²) in [7, 11) is 0. The van der Waals surface area contributed by atoms with Crippen molar-refractivity contribution in [1.82, 2.24) is 19.7 Å². The quantitative estimate of drug-likeness (QED) is 0.844. The number of carbonyl (C=O) groups excluding carboxylic acids is 1. The van der Waals surface area contributed by atoms with Crippen molar-refractivity contribution in [2.24, 2.45) is 0 Å². The molecule has 0 unspecified atom stereocenters. The van der Waals surface area contributed by atoms with Crippen LogP contribution in [0, 0.1) is 6.92 Å². The Balaban J connectivity index is 1.89. The number of hydrogen-bond donors (Lipinski definition) is 0. The number of benzene rings is 1. The fourth-order valence-corrected chi connectivity index (χ4v) is 3.02. The van der Waals surface area contributed by atoms with Crippen LogP contribution in [0.3, 0.4) is 0 Å². The second-order valence-corrected chi connectivity index (χ2v) is 7.23. The summed E-state index contributed by atoms with van der Waals surface area (Å²) < 4.78 is 7.50. The Morgan fingerprint density at radius 2 is 2.12 bits per heavy atom. The predicted octanol–water partition coefficient (Wildman–Crippen LogP) is 3.65. The van der Waals surface area contributed by atoms with Crippen molar-refractivity contribution < 1.29 is 9.53 Å². The Bertz CT molecular complexity index is 733. The first-order valence-corrected chi connectivity index (χ1v) is 8.32. The lowest BCUT2D eigenvalue weighted by atomic mass is 10.2. The first-order chi connectivity index (χ1) is 11.3. The maximum absolute atomic E-state index is 12.5. The van der Waals surface area contributed by atoms with Crippen LogP contribution in [0.4, 0.5) is 4.79 Å². The third-order valence-corrected chi connectivity index (χ3v) is 4.03. The molecule has 24 heavy (non-hydrogen) atoms. The van der Waals surface area contributed by atoms with E-state index in [1.807, 2.05) is 37.5 Å². The van der Waals surface area contributed by atoms with Crippen LogP contribution < -0.4 is 0 Å². The van der Waals surface area contributed by atoms with Crippen molar-refractivity contribution >= 4 is 6.09 Å². The second kappa shape index (κ2) is 6.26. The first-order valence-electron chi connectivity index (χ1n) is 8.32. The summed E-state index contributed by atoms with van der Waals surface area (Å²) in [6, 6.07) is 8.06. The standard InChI is InChI=1S/C18H24N4O2/c1-13-7-5-8-14(11-13)22-12-19-20-16(22)15-9-6-10-21(15)17(23)24-18(2,3)4/h5,7-8,11-12,15H,6,9-10H2,1-4H3/t15-/m0/s1. The molecular weight excluding hydrogens is 304 g/mol. The molecular formula is C18H24N4O2. The summed E-state index contributed by atoms with van der Waals surface area (Å²) in [5.41, 5.74) is 1.67. The Hall–Kier alpha value is -2.37. The molecule has 1 atom stereocenters. The number of rotatable bonds is 2. The van der Waals surface area contributed by atoms with Crippen LogP contribution in [0.25, 0.3) is 5.69 Å². The van der Waals surface area contributed by atoms with Crippen LogP contribution in [0.15, 0.2) is 30.6 Å². The van der Waals surface area contributed by atoms with Gasteiger partial charge in [-0.1, -0.05) is 12.1 Å². The van der Waals surface area contributed by atoms with E-state index in [0.717, 1.165) is 24.4 Å². The topological polar surface area (TPSA) is 60.2 Å². The van der Waals surface area contributed by atoms with E-state index in [4.69, 9.17) is 4.74 Å². The highest BCUT2D eigenvalue weighted by Crippen LogP contribution is 2.33. The molecule has 2 aromatic rings. The van der Waals surface area contributed by atoms with Gasteiger partial charge in [0.05, 0.1) is 6.04 Å². The van der Waals surface area contributed by atoms with Crippen molar-refractivity contribution in [1.29, 1.82) is 0 Å². The van der Waals surface area contributed by atoms with Gasteiger partial charge < -0.3 is 4.74 Å². The van der Waals surface area contributed by atoms with E-state index in [-0.39, 0.29) is 12.1 Å². The van der Waals surface area contributed by atoms with Crippen molar-refractivity contribution in [2.45, 2.75) is 52.2 Å². The molecule has 0 bridgehead atoms. The van der Waals surface area contributed by atoms with E-state index in [2.05, 4.69) is 29.3 Å². The van der Waals surface area contributed by atoms with Crippen molar-refractivity contribution in [3.63, 3.8) is 0 Å². The highest BCUT2D eigenvalue weighted by atomic mass is 16.6. The van der Waals surface area contributed by atoms with Gasteiger partial charge in [-0.25, -0.2) is 4.79 Å². The molecule has 1 aliphatic heterocycles. The lowest BCUT2D eigenvalue weighted by Crippen LogP contribution is -2.37. The Labute approximate surface area is 142 Å². The molecule has 128 valence electrons. The molecule has 1 aliphatic rings. The maximum atomic E-state index is 12.5. The smallest absolute Gasteiger partial charge is 0.410 e. The third kappa shape index (κ3) is 3.42. The Kier molecular flexibility index (Phi) is 4.30. The average molecular weight is 328 g/mol. The minimum Gasteiger partial charge on any atom is -0.444 e. The molecule has 0 aliphatic carbocycles. The van der Waals surface area contributed by atoms with E-state index < -0.39 is 5.60 Å². The lowest BCUT2D eigenvalue weighted by molar-refractivity contribution is 0.0217. The number of ether oxygens (including phenoxy) is 1. The summed E-state index contributed by atoms with van der Waals surface area (Å²) in [4.78, 5) is 14.3. The lowest BCUT2D eigenvalue weighted by Gasteiger charge is -2.28. The van der Waals surface area contributed by atoms with Gasteiger partial charge in [0.15, 0.2) is 5.82 Å². The molecule has 6 nitrogen and oxygen atoms in total. The van der Waals surface area contributed by atoms with Crippen molar-refractivity contribution in [3.8, 4) is 5.69 Å². The molecule has 6 heteroatoms. The third-order valence-electron chi connectivity index (χ3n) is 4.03. The molecule has 0 spiro atoms. The molecule has 2 heterocycles. The van der Waals surface area contributed by atoms with Gasteiger partial charge in [-0.15, -0.1) is 10.2 Å². The molecule has 0 N–H and O–H groups in total. The monoisotopic (exact) mass is 328 g/mol. The summed E-state index contributed by atoms with van der Waals surface area (Å²) in [5.74, 6) is 0.781. The van der Waals surface area contributed by atoms with Crippen molar-refractivity contribution in [2.75, 3.05) is 6.54 Å². The van der Waals surface area contributed by atoms with Gasteiger partial charge in [-0.05, 0) is 58.2 Å². The maximum Gasteiger partial charge on any atom is 0.410 e. The number of aromatic nitrogens is 3. The van der Waals surface area contributed by atoms with Gasteiger partial charge in [0.1, 0.15) is 11.9 Å². The van der Waals surface area contributed by atoms with Crippen LogP contribution in [0.5, 0.6) is 0 Å². The number of amides is 1. The summed E-state index contributed by atoms with van der Waals surface area (Å²) in [6.45, 7) is 8.37. The average Bonchev–Trinajstić information content (AvgIpc) is 3.14. The summed E-state index contributed by atoms with van der Waals surface area (Å²) in [5, 5.41) is 8.37. The largest absolute Gasteiger partial charge is 0.444 e. The van der Waals surface area contributed by atoms with Gasteiger partial charge in [-0.2, -0.15) is 0 Å². The van der Waals surface area contributed by atoms with Crippen LogP contribution >= 0.6 is 0 Å². The van der Waals surface area contributed by atoms with Crippen LogP contribution in [0.1, 0.15) is 51.0 Å². The van der Waals surface area contributed by atoms with Gasteiger partial charge in [-0.3, -0.25) is 9.47 Å². The predicted molar refractivity (Wildman–Crippen MR) is 91.0 cm³/mol. The fourth-order valence-electron chi connectivity index (χ4n) is 3.02. The second-order valence-electron chi connectivity index (χ2n) is 7.23. The van der Waals surface area contributed by atoms with E-state index >= 15 is 0 Å². The summed E-state index contributed by atoms with van der Waals surface area (Å²) in [6.07, 6.45) is 3.22. The van der Waals surface area contributed by atoms with Crippen LogP contribution in [-0.2, 0) is 4.74 Å². The number of carbonyl (C=O) groups is 1. The minimum absolute atomic E-state index is 0.108. The molecule has 1 amide bonds. The number of nitrogens with zero attached hydrogens (tertiary/aromatic N) is 4. The van der Waals surface area contributed by atoms with Gasteiger partial charge >= 0.3 is 6.09 Å². The van der Waals surface area contributed by atoms with Crippen molar-refractivity contribution in [3.05, 3.63) is 42.0 Å².